The summed E-state index contributed by atoms with van der Waals surface area (Å²) >= 11 is 0. The molecule has 2 atom stereocenters. The fourth-order valence-corrected chi connectivity index (χ4v) is 2.95. The summed E-state index contributed by atoms with van der Waals surface area (Å²) in [5.74, 6) is 0.684. The topological polar surface area (TPSA) is 81.9 Å². The van der Waals surface area contributed by atoms with Crippen molar-refractivity contribution in [3.05, 3.63) is 23.8 Å². The third-order valence-corrected chi connectivity index (χ3v) is 4.44. The van der Waals surface area contributed by atoms with Gasteiger partial charge in [-0.05, 0) is 25.8 Å². The lowest BCUT2D eigenvalue weighted by atomic mass is 9.92. The van der Waals surface area contributed by atoms with E-state index in [1.165, 1.54) is 0 Å². The number of carbonyl (C=O) groups is 2. The van der Waals surface area contributed by atoms with Crippen LogP contribution in [-0.2, 0) is 16.0 Å². The lowest BCUT2D eigenvalue weighted by molar-refractivity contribution is -0.137. The summed E-state index contributed by atoms with van der Waals surface area (Å²) in [5.41, 5.74) is 6.19. The Morgan fingerprint density at radius 1 is 1.26 bits per heavy atom. The number of methoxy groups -OCH3 is 2. The molecule has 1 heterocycles. The van der Waals surface area contributed by atoms with Crippen LogP contribution in [0.15, 0.2) is 18.2 Å². The normalized spacial score (nSPS) is 20.9. The number of hydrogen-bond acceptors (Lipinski definition) is 4. The molecule has 0 spiro atoms. The zero-order valence-corrected chi connectivity index (χ0v) is 13.9. The van der Waals surface area contributed by atoms with Crippen LogP contribution in [0.4, 0.5) is 0 Å². The predicted octanol–water partition coefficient (Wildman–Crippen LogP) is 1.36. The Morgan fingerprint density at radius 2 is 2.00 bits per heavy atom. The Morgan fingerprint density at radius 3 is 2.61 bits per heavy atom. The van der Waals surface area contributed by atoms with Crippen LogP contribution in [0.1, 0.15) is 25.3 Å². The molecule has 6 nitrogen and oxygen atoms in total. The van der Waals surface area contributed by atoms with Gasteiger partial charge in [-0.3, -0.25) is 9.59 Å². The van der Waals surface area contributed by atoms with Gasteiger partial charge in [0, 0.05) is 24.2 Å². The number of nitrogens with two attached hydrogens (primary N) is 1. The van der Waals surface area contributed by atoms with Crippen LogP contribution in [0.5, 0.6) is 11.5 Å². The fourth-order valence-electron chi connectivity index (χ4n) is 2.95. The first kappa shape index (κ1) is 17.1. The van der Waals surface area contributed by atoms with Crippen molar-refractivity contribution in [3.63, 3.8) is 0 Å². The molecule has 0 aliphatic carbocycles. The van der Waals surface area contributed by atoms with Gasteiger partial charge in [-0.2, -0.15) is 0 Å². The first-order chi connectivity index (χ1) is 11.0. The monoisotopic (exact) mass is 320 g/mol. The number of ether oxygens (including phenoxy) is 2. The standard InChI is InChI=1S/C17H24N2O4/c1-11-4-5-13(17(18)21)10-19(11)16(20)8-12-6-7-14(22-2)9-15(12)23-3/h6-7,9,11,13H,4-5,8,10H2,1-3H3,(H2,18,21). The maximum atomic E-state index is 12.7. The van der Waals surface area contributed by atoms with Crippen molar-refractivity contribution in [3.8, 4) is 11.5 Å². The highest BCUT2D eigenvalue weighted by Crippen LogP contribution is 2.27. The van der Waals surface area contributed by atoms with Crippen LogP contribution in [-0.4, -0.2) is 43.5 Å². The maximum absolute atomic E-state index is 12.7. The van der Waals surface area contributed by atoms with E-state index >= 15 is 0 Å². The van der Waals surface area contributed by atoms with Gasteiger partial charge in [0.15, 0.2) is 0 Å². The molecule has 1 aromatic rings. The van der Waals surface area contributed by atoms with Gasteiger partial charge in [-0.1, -0.05) is 6.07 Å². The second-order valence-electron chi connectivity index (χ2n) is 5.93. The largest absolute Gasteiger partial charge is 0.497 e. The highest BCUT2D eigenvalue weighted by Gasteiger charge is 2.31. The van der Waals surface area contributed by atoms with Crippen LogP contribution in [0, 0.1) is 5.92 Å². The molecule has 2 rings (SSSR count). The van der Waals surface area contributed by atoms with E-state index in [9.17, 15) is 9.59 Å². The minimum absolute atomic E-state index is 0.0214. The SMILES string of the molecule is COc1ccc(CC(=O)N2CC(C(N)=O)CCC2C)c(OC)c1. The molecule has 1 saturated heterocycles. The van der Waals surface area contributed by atoms with Crippen molar-refractivity contribution in [1.29, 1.82) is 0 Å². The third kappa shape index (κ3) is 3.94. The smallest absolute Gasteiger partial charge is 0.227 e. The first-order valence-electron chi connectivity index (χ1n) is 7.76. The Hall–Kier alpha value is -2.24. The van der Waals surface area contributed by atoms with Crippen LogP contribution in [0.2, 0.25) is 0 Å². The zero-order valence-electron chi connectivity index (χ0n) is 13.9. The van der Waals surface area contributed by atoms with E-state index in [4.69, 9.17) is 15.2 Å². The van der Waals surface area contributed by atoms with Gasteiger partial charge >= 0.3 is 0 Å². The highest BCUT2D eigenvalue weighted by atomic mass is 16.5. The number of benzene rings is 1. The molecule has 0 aromatic heterocycles. The van der Waals surface area contributed by atoms with E-state index in [1.54, 1.807) is 31.3 Å². The van der Waals surface area contributed by atoms with Crippen LogP contribution >= 0.6 is 0 Å². The molecule has 23 heavy (non-hydrogen) atoms. The molecule has 0 bridgehead atoms. The Bertz CT molecular complexity index is 588. The number of likely N-dealkylation sites (tertiary alicyclic amines) is 1. The molecule has 1 aromatic carbocycles. The lowest BCUT2D eigenvalue weighted by Crippen LogP contribution is -2.49. The maximum Gasteiger partial charge on any atom is 0.227 e. The average molecular weight is 320 g/mol. The summed E-state index contributed by atoms with van der Waals surface area (Å²) in [4.78, 5) is 25.8. The number of carbonyl (C=O) groups excluding carboxylic acids is 2. The third-order valence-electron chi connectivity index (χ3n) is 4.44. The number of nitrogens with zero attached hydrogens (tertiary/aromatic N) is 1. The number of amides is 2. The van der Waals surface area contributed by atoms with E-state index in [0.29, 0.717) is 18.0 Å². The fraction of sp³-hybridized carbons (Fsp3) is 0.529. The van der Waals surface area contributed by atoms with Crippen molar-refractivity contribution < 1.29 is 19.1 Å². The van der Waals surface area contributed by atoms with E-state index in [0.717, 1.165) is 18.4 Å². The molecular weight excluding hydrogens is 296 g/mol. The molecule has 2 N–H and O–H groups in total. The van der Waals surface area contributed by atoms with Gasteiger partial charge in [0.2, 0.25) is 11.8 Å². The molecular formula is C17H24N2O4. The zero-order chi connectivity index (χ0) is 17.0. The molecule has 0 radical (unpaired) electrons. The summed E-state index contributed by atoms with van der Waals surface area (Å²) < 4.78 is 10.5. The van der Waals surface area contributed by atoms with Gasteiger partial charge in [0.25, 0.3) is 0 Å². The average Bonchev–Trinajstić information content (AvgIpc) is 2.55. The number of primary amides is 1. The van der Waals surface area contributed by atoms with Crippen LogP contribution in [0.25, 0.3) is 0 Å². The van der Waals surface area contributed by atoms with Crippen molar-refractivity contribution in [1.82, 2.24) is 4.90 Å². The van der Waals surface area contributed by atoms with Crippen molar-refractivity contribution >= 4 is 11.8 Å². The molecule has 2 amide bonds. The summed E-state index contributed by atoms with van der Waals surface area (Å²) in [7, 11) is 3.15. The van der Waals surface area contributed by atoms with E-state index in [-0.39, 0.29) is 30.2 Å². The second kappa shape index (κ2) is 7.35. The molecule has 1 aliphatic heterocycles. The van der Waals surface area contributed by atoms with Gasteiger partial charge in [0.1, 0.15) is 11.5 Å². The summed E-state index contributed by atoms with van der Waals surface area (Å²) in [6.45, 7) is 2.40. The van der Waals surface area contributed by atoms with Crippen molar-refractivity contribution in [2.24, 2.45) is 11.7 Å². The van der Waals surface area contributed by atoms with Gasteiger partial charge < -0.3 is 20.1 Å². The van der Waals surface area contributed by atoms with Gasteiger partial charge in [-0.25, -0.2) is 0 Å². The molecule has 126 valence electrons. The Labute approximate surface area is 136 Å². The van der Waals surface area contributed by atoms with Gasteiger partial charge in [-0.15, -0.1) is 0 Å². The van der Waals surface area contributed by atoms with Crippen molar-refractivity contribution in [2.75, 3.05) is 20.8 Å². The van der Waals surface area contributed by atoms with E-state index in [2.05, 4.69) is 0 Å². The quantitative estimate of drug-likeness (QED) is 0.888. The van der Waals surface area contributed by atoms with E-state index < -0.39 is 0 Å². The van der Waals surface area contributed by atoms with Gasteiger partial charge in [0.05, 0.1) is 26.6 Å². The summed E-state index contributed by atoms with van der Waals surface area (Å²) in [6.07, 6.45) is 1.76. The Kier molecular flexibility index (Phi) is 5.47. The summed E-state index contributed by atoms with van der Waals surface area (Å²) in [5, 5.41) is 0. The summed E-state index contributed by atoms with van der Waals surface area (Å²) in [6, 6.07) is 5.50. The molecule has 1 fully saturated rings. The van der Waals surface area contributed by atoms with Crippen molar-refractivity contribution in [2.45, 2.75) is 32.2 Å². The number of rotatable bonds is 5. The lowest BCUT2D eigenvalue weighted by Gasteiger charge is -2.37. The molecule has 6 heteroatoms. The second-order valence-corrected chi connectivity index (χ2v) is 5.93. The van der Waals surface area contributed by atoms with Crippen LogP contribution in [0.3, 0.4) is 0 Å². The molecule has 2 unspecified atom stereocenters. The number of piperidine rings is 1. The van der Waals surface area contributed by atoms with Crippen LogP contribution < -0.4 is 15.2 Å². The number of hydrogen-bond donors (Lipinski definition) is 1. The predicted molar refractivity (Wildman–Crippen MR) is 86.3 cm³/mol. The Balaban J connectivity index is 2.13. The minimum Gasteiger partial charge on any atom is -0.497 e. The highest BCUT2D eigenvalue weighted by molar-refractivity contribution is 5.82. The molecule has 1 aliphatic rings. The van der Waals surface area contributed by atoms with E-state index in [1.807, 2.05) is 13.0 Å². The first-order valence-corrected chi connectivity index (χ1v) is 7.76. The molecule has 0 saturated carbocycles. The minimum atomic E-state index is -0.336.